The normalized spacial score (nSPS) is 39.5. The number of rotatable bonds is 1. The first kappa shape index (κ1) is 8.45. The Hall–Kier alpha value is -0.150. The van der Waals surface area contributed by atoms with E-state index in [-0.39, 0.29) is 6.10 Å². The Morgan fingerprint density at radius 3 is 2.25 bits per heavy atom. The summed E-state index contributed by atoms with van der Waals surface area (Å²) in [5.41, 5.74) is 0. The summed E-state index contributed by atoms with van der Waals surface area (Å²) in [6.45, 7) is 1.79. The van der Waals surface area contributed by atoms with Crippen LogP contribution >= 0.6 is 0 Å². The maximum Gasteiger partial charge on any atom is 0.103 e. The van der Waals surface area contributed by atoms with Gasteiger partial charge in [0.15, 0.2) is 0 Å². The minimum absolute atomic E-state index is 0.359. The molecule has 2 fully saturated rings. The largest absolute Gasteiger partial charge is 0.300 e. The first-order valence-corrected chi connectivity index (χ1v) is 4.79. The quantitative estimate of drug-likeness (QED) is 0.586. The maximum absolute atomic E-state index is 12.5. The molecule has 0 N–H and O–H groups in total. The van der Waals surface area contributed by atoms with Gasteiger partial charge in [-0.1, -0.05) is 0 Å². The predicted octanol–water partition coefficient (Wildman–Crippen LogP) is 1.38. The highest BCUT2D eigenvalue weighted by molar-refractivity contribution is 4.89. The van der Waals surface area contributed by atoms with E-state index in [1.54, 1.807) is 0 Å². The second-order valence-corrected chi connectivity index (χ2v) is 3.96. The summed E-state index contributed by atoms with van der Waals surface area (Å²) >= 11 is 0. The minimum Gasteiger partial charge on any atom is -0.300 e. The van der Waals surface area contributed by atoms with Crippen molar-refractivity contribution < 1.29 is 9.50 Å². The number of hydrogen-bond donors (Lipinski definition) is 0. The molecule has 12 heavy (non-hydrogen) atoms. The number of halogens is 1. The molecule has 3 heteroatoms. The zero-order chi connectivity index (χ0) is 8.55. The third-order valence-corrected chi connectivity index (χ3v) is 3.05. The van der Waals surface area contributed by atoms with Crippen LogP contribution in [0, 0.1) is 0 Å². The molecule has 1 aliphatic carbocycles. The SMILES string of the molecule is [O]C1CCN(C2CC(F)C2)CC1. The van der Waals surface area contributed by atoms with Crippen LogP contribution in [0.3, 0.4) is 0 Å². The molecule has 0 amide bonds. The van der Waals surface area contributed by atoms with Crippen molar-refractivity contribution in [1.29, 1.82) is 0 Å². The van der Waals surface area contributed by atoms with Gasteiger partial charge in [-0.05, 0) is 25.7 Å². The fourth-order valence-corrected chi connectivity index (χ4v) is 2.06. The molecule has 0 unspecified atom stereocenters. The molecule has 2 aliphatic rings. The number of likely N-dealkylation sites (tertiary alicyclic amines) is 1. The van der Waals surface area contributed by atoms with E-state index in [0.717, 1.165) is 25.9 Å². The zero-order valence-corrected chi connectivity index (χ0v) is 7.21. The Kier molecular flexibility index (Phi) is 2.33. The molecule has 0 spiro atoms. The van der Waals surface area contributed by atoms with Crippen molar-refractivity contribution in [3.63, 3.8) is 0 Å². The number of alkyl halides is 1. The van der Waals surface area contributed by atoms with Crippen molar-refractivity contribution in [1.82, 2.24) is 4.90 Å². The molecule has 1 radical (unpaired) electrons. The van der Waals surface area contributed by atoms with Gasteiger partial charge in [0.2, 0.25) is 0 Å². The molecule has 1 heterocycles. The van der Waals surface area contributed by atoms with E-state index in [0.29, 0.717) is 18.9 Å². The summed E-state index contributed by atoms with van der Waals surface area (Å²) in [5, 5.41) is 11.0. The highest BCUT2D eigenvalue weighted by Crippen LogP contribution is 2.30. The summed E-state index contributed by atoms with van der Waals surface area (Å²) in [7, 11) is 0. The zero-order valence-electron chi connectivity index (χ0n) is 7.21. The Bertz CT molecular complexity index is 151. The number of hydrogen-bond acceptors (Lipinski definition) is 1. The summed E-state index contributed by atoms with van der Waals surface area (Å²) < 4.78 is 12.5. The second kappa shape index (κ2) is 3.30. The third-order valence-electron chi connectivity index (χ3n) is 3.05. The molecular formula is C9H15FNO. The monoisotopic (exact) mass is 172 g/mol. The van der Waals surface area contributed by atoms with Crippen LogP contribution < -0.4 is 0 Å². The summed E-state index contributed by atoms with van der Waals surface area (Å²) in [5.74, 6) is 0. The fourth-order valence-electron chi connectivity index (χ4n) is 2.06. The molecule has 2 rings (SSSR count). The van der Waals surface area contributed by atoms with Gasteiger partial charge in [0, 0.05) is 19.1 Å². The molecule has 69 valence electrons. The van der Waals surface area contributed by atoms with Crippen molar-refractivity contribution in [3.05, 3.63) is 0 Å². The highest BCUT2D eigenvalue weighted by Gasteiger charge is 2.35. The van der Waals surface area contributed by atoms with Crippen LogP contribution in [0.4, 0.5) is 4.39 Å². The van der Waals surface area contributed by atoms with E-state index in [2.05, 4.69) is 4.90 Å². The van der Waals surface area contributed by atoms with Crippen LogP contribution in [0.1, 0.15) is 25.7 Å². The summed E-state index contributed by atoms with van der Waals surface area (Å²) in [4.78, 5) is 2.28. The van der Waals surface area contributed by atoms with Crippen LogP contribution in [0.5, 0.6) is 0 Å². The first-order valence-electron chi connectivity index (χ1n) is 4.79. The van der Waals surface area contributed by atoms with Gasteiger partial charge in [-0.15, -0.1) is 0 Å². The topological polar surface area (TPSA) is 23.1 Å². The van der Waals surface area contributed by atoms with Gasteiger partial charge < -0.3 is 0 Å². The highest BCUT2D eigenvalue weighted by atomic mass is 19.1. The Morgan fingerprint density at radius 1 is 1.17 bits per heavy atom. The summed E-state index contributed by atoms with van der Waals surface area (Å²) in [6, 6.07) is 0.451. The minimum atomic E-state index is -0.569. The lowest BCUT2D eigenvalue weighted by Gasteiger charge is -2.42. The average Bonchev–Trinajstić information content (AvgIpc) is 2.01. The van der Waals surface area contributed by atoms with Gasteiger partial charge in [0.1, 0.15) is 6.17 Å². The molecule has 0 aromatic heterocycles. The van der Waals surface area contributed by atoms with Crippen LogP contribution in [-0.2, 0) is 5.11 Å². The number of nitrogens with zero attached hydrogens (tertiary/aromatic N) is 1. The third kappa shape index (κ3) is 1.62. The van der Waals surface area contributed by atoms with Crippen LogP contribution in [-0.4, -0.2) is 36.3 Å². The van der Waals surface area contributed by atoms with Gasteiger partial charge in [0.05, 0.1) is 6.10 Å². The first-order chi connectivity index (χ1) is 5.75. The van der Waals surface area contributed by atoms with E-state index < -0.39 is 6.17 Å². The van der Waals surface area contributed by atoms with E-state index in [1.165, 1.54) is 0 Å². The van der Waals surface area contributed by atoms with Crippen LogP contribution in [0.25, 0.3) is 0 Å². The fraction of sp³-hybridized carbons (Fsp3) is 1.00. The van der Waals surface area contributed by atoms with Crippen LogP contribution in [0.15, 0.2) is 0 Å². The van der Waals surface area contributed by atoms with Gasteiger partial charge in [-0.25, -0.2) is 9.50 Å². The average molecular weight is 172 g/mol. The molecule has 0 aromatic carbocycles. The molecule has 0 bridgehead atoms. The lowest BCUT2D eigenvalue weighted by Crippen LogP contribution is -2.49. The van der Waals surface area contributed by atoms with Gasteiger partial charge in [0.25, 0.3) is 0 Å². The van der Waals surface area contributed by atoms with Crippen molar-refractivity contribution in [3.8, 4) is 0 Å². The van der Waals surface area contributed by atoms with E-state index in [1.807, 2.05) is 0 Å². The standard InChI is InChI=1S/C9H15FNO/c10-7-5-8(6-7)11-3-1-9(12)2-4-11/h7-9H,1-6H2. The molecule has 2 nitrogen and oxygen atoms in total. The summed E-state index contributed by atoms with van der Waals surface area (Å²) in [6.07, 6.45) is 1.98. The lowest BCUT2D eigenvalue weighted by molar-refractivity contribution is -0.0156. The lowest BCUT2D eigenvalue weighted by atomic mass is 9.88. The smallest absolute Gasteiger partial charge is 0.103 e. The predicted molar refractivity (Wildman–Crippen MR) is 43.2 cm³/mol. The van der Waals surface area contributed by atoms with Crippen molar-refractivity contribution in [2.45, 2.75) is 44.0 Å². The van der Waals surface area contributed by atoms with E-state index in [9.17, 15) is 9.50 Å². The van der Waals surface area contributed by atoms with Crippen LogP contribution in [0.2, 0.25) is 0 Å². The van der Waals surface area contributed by atoms with E-state index >= 15 is 0 Å². The molecule has 1 saturated carbocycles. The number of piperidine rings is 1. The Balaban J connectivity index is 1.75. The van der Waals surface area contributed by atoms with Crippen molar-refractivity contribution in [2.24, 2.45) is 0 Å². The van der Waals surface area contributed by atoms with E-state index in [4.69, 9.17) is 0 Å². The van der Waals surface area contributed by atoms with Gasteiger partial charge >= 0.3 is 0 Å². The second-order valence-electron chi connectivity index (χ2n) is 3.96. The van der Waals surface area contributed by atoms with Crippen molar-refractivity contribution >= 4 is 0 Å². The maximum atomic E-state index is 12.5. The van der Waals surface area contributed by atoms with Gasteiger partial charge in [-0.2, -0.15) is 0 Å². The van der Waals surface area contributed by atoms with Gasteiger partial charge in [-0.3, -0.25) is 4.90 Å². The molecule has 1 saturated heterocycles. The van der Waals surface area contributed by atoms with Crippen molar-refractivity contribution in [2.75, 3.05) is 13.1 Å². The molecular weight excluding hydrogens is 157 g/mol. The Labute approximate surface area is 72.4 Å². The molecule has 1 aliphatic heterocycles. The molecule has 0 aromatic rings. The molecule has 0 atom stereocenters. The Morgan fingerprint density at radius 2 is 1.75 bits per heavy atom.